The summed E-state index contributed by atoms with van der Waals surface area (Å²) in [5.74, 6) is 0.968. The number of carbonyl (C=O) groups excluding carboxylic acids is 1. The van der Waals surface area contributed by atoms with E-state index in [1.807, 2.05) is 53.1 Å². The molecule has 0 unspecified atom stereocenters. The minimum Gasteiger partial charge on any atom is -0.497 e. The molecule has 3 aromatic rings. The predicted molar refractivity (Wildman–Crippen MR) is 99.6 cm³/mol. The van der Waals surface area contributed by atoms with Crippen molar-refractivity contribution in [2.75, 3.05) is 14.2 Å². The van der Waals surface area contributed by atoms with Crippen molar-refractivity contribution in [1.82, 2.24) is 9.55 Å². The molecule has 1 heterocycles. The Kier molecular flexibility index (Phi) is 4.84. The molecule has 0 aliphatic rings. The van der Waals surface area contributed by atoms with Gasteiger partial charge in [0.1, 0.15) is 11.6 Å². The summed E-state index contributed by atoms with van der Waals surface area (Å²) in [5, 5.41) is 0. The average Bonchev–Trinajstić information content (AvgIpc) is 3.06. The number of para-hydroxylation sites is 1. The summed E-state index contributed by atoms with van der Waals surface area (Å²) >= 11 is 2.26. The highest BCUT2D eigenvalue weighted by Gasteiger charge is 2.18. The summed E-state index contributed by atoms with van der Waals surface area (Å²) in [6, 6.07) is 15.5. The van der Waals surface area contributed by atoms with Gasteiger partial charge < -0.3 is 9.47 Å². The van der Waals surface area contributed by atoms with Gasteiger partial charge in [-0.1, -0.05) is 12.1 Å². The number of carbonyl (C=O) groups is 1. The van der Waals surface area contributed by atoms with Gasteiger partial charge in [-0.15, -0.1) is 0 Å². The lowest BCUT2D eigenvalue weighted by molar-refractivity contribution is 0.0594. The number of hydrogen-bond acceptors (Lipinski definition) is 4. The topological polar surface area (TPSA) is 53.4 Å². The number of esters is 1. The van der Waals surface area contributed by atoms with Gasteiger partial charge in [0, 0.05) is 15.3 Å². The highest BCUT2D eigenvalue weighted by molar-refractivity contribution is 14.1. The third kappa shape index (κ3) is 3.14. The SMILES string of the molecule is COC(=O)c1cn(-c2ccccc2I)c(-c2ccc(OC)cc2)n1. The molecule has 0 N–H and O–H groups in total. The number of rotatable bonds is 4. The van der Waals surface area contributed by atoms with Crippen LogP contribution in [-0.2, 0) is 4.74 Å². The molecule has 6 heteroatoms. The number of benzene rings is 2. The molecule has 122 valence electrons. The second-order valence-electron chi connectivity index (χ2n) is 4.99. The maximum Gasteiger partial charge on any atom is 0.358 e. The molecule has 0 aliphatic carbocycles. The zero-order valence-electron chi connectivity index (χ0n) is 13.2. The number of ether oxygens (including phenoxy) is 2. The number of halogens is 1. The van der Waals surface area contributed by atoms with Crippen LogP contribution in [0.1, 0.15) is 10.5 Å². The van der Waals surface area contributed by atoms with Crippen LogP contribution in [0.4, 0.5) is 0 Å². The quantitative estimate of drug-likeness (QED) is 0.461. The second-order valence-corrected chi connectivity index (χ2v) is 6.15. The normalized spacial score (nSPS) is 10.5. The van der Waals surface area contributed by atoms with Crippen molar-refractivity contribution >= 4 is 28.6 Å². The first-order chi connectivity index (χ1) is 11.6. The van der Waals surface area contributed by atoms with E-state index in [1.54, 1.807) is 13.3 Å². The maximum absolute atomic E-state index is 11.9. The molecule has 1 aromatic heterocycles. The smallest absolute Gasteiger partial charge is 0.358 e. The first-order valence-electron chi connectivity index (χ1n) is 7.21. The van der Waals surface area contributed by atoms with Crippen LogP contribution in [0.15, 0.2) is 54.7 Å². The van der Waals surface area contributed by atoms with Crippen molar-refractivity contribution in [3.8, 4) is 22.8 Å². The predicted octanol–water partition coefficient (Wildman–Crippen LogP) is 3.94. The average molecular weight is 434 g/mol. The highest BCUT2D eigenvalue weighted by Crippen LogP contribution is 2.27. The zero-order valence-corrected chi connectivity index (χ0v) is 15.4. The number of imidazole rings is 1. The number of hydrogen-bond donors (Lipinski definition) is 0. The van der Waals surface area contributed by atoms with Gasteiger partial charge in [0.25, 0.3) is 0 Å². The summed E-state index contributed by atoms with van der Waals surface area (Å²) in [4.78, 5) is 16.4. The van der Waals surface area contributed by atoms with Crippen molar-refractivity contribution in [3.63, 3.8) is 0 Å². The standard InChI is InChI=1S/C18H15IN2O3/c1-23-13-9-7-12(8-10-13)17-20-15(18(22)24-2)11-21(17)16-6-4-3-5-14(16)19/h3-11H,1-2H3. The van der Waals surface area contributed by atoms with Crippen LogP contribution < -0.4 is 4.74 Å². The Morgan fingerprint density at radius 3 is 2.42 bits per heavy atom. The lowest BCUT2D eigenvalue weighted by atomic mass is 10.2. The van der Waals surface area contributed by atoms with E-state index in [1.165, 1.54) is 7.11 Å². The van der Waals surface area contributed by atoms with Crippen LogP contribution in [-0.4, -0.2) is 29.7 Å². The molecule has 0 fully saturated rings. The molecule has 0 atom stereocenters. The van der Waals surface area contributed by atoms with Crippen molar-refractivity contribution in [2.45, 2.75) is 0 Å². The molecule has 0 amide bonds. The summed E-state index contributed by atoms with van der Waals surface area (Å²) in [5.41, 5.74) is 2.10. The van der Waals surface area contributed by atoms with E-state index >= 15 is 0 Å². The van der Waals surface area contributed by atoms with Gasteiger partial charge in [-0.3, -0.25) is 4.57 Å². The Morgan fingerprint density at radius 2 is 1.79 bits per heavy atom. The van der Waals surface area contributed by atoms with Crippen LogP contribution >= 0.6 is 22.6 Å². The van der Waals surface area contributed by atoms with Gasteiger partial charge >= 0.3 is 5.97 Å². The summed E-state index contributed by atoms with van der Waals surface area (Å²) < 4.78 is 13.0. The zero-order chi connectivity index (χ0) is 17.1. The lowest BCUT2D eigenvalue weighted by Crippen LogP contribution is -2.01. The van der Waals surface area contributed by atoms with Gasteiger partial charge in [-0.25, -0.2) is 9.78 Å². The van der Waals surface area contributed by atoms with E-state index in [0.717, 1.165) is 20.6 Å². The number of nitrogens with zero attached hydrogens (tertiary/aromatic N) is 2. The first-order valence-corrected chi connectivity index (χ1v) is 8.29. The number of aromatic nitrogens is 2. The molecule has 2 aromatic carbocycles. The molecular formula is C18H15IN2O3. The lowest BCUT2D eigenvalue weighted by Gasteiger charge is -2.10. The van der Waals surface area contributed by atoms with Crippen molar-refractivity contribution < 1.29 is 14.3 Å². The van der Waals surface area contributed by atoms with Gasteiger partial charge in [-0.2, -0.15) is 0 Å². The molecule has 3 rings (SSSR count). The van der Waals surface area contributed by atoms with E-state index < -0.39 is 5.97 Å². The number of methoxy groups -OCH3 is 2. The summed E-state index contributed by atoms with van der Waals surface area (Å²) in [7, 11) is 2.97. The van der Waals surface area contributed by atoms with Gasteiger partial charge in [0.2, 0.25) is 0 Å². The van der Waals surface area contributed by atoms with Crippen LogP contribution in [0, 0.1) is 3.57 Å². The van der Waals surface area contributed by atoms with Gasteiger partial charge in [0.15, 0.2) is 5.69 Å². The molecule has 0 saturated heterocycles. The third-order valence-corrected chi connectivity index (χ3v) is 4.47. The molecular weight excluding hydrogens is 419 g/mol. The Labute approximate surface area is 153 Å². The van der Waals surface area contributed by atoms with Crippen molar-refractivity contribution in [3.05, 3.63) is 64.0 Å². The van der Waals surface area contributed by atoms with Crippen LogP contribution in [0.2, 0.25) is 0 Å². The van der Waals surface area contributed by atoms with Crippen LogP contribution in [0.25, 0.3) is 17.1 Å². The van der Waals surface area contributed by atoms with Crippen molar-refractivity contribution in [2.24, 2.45) is 0 Å². The Morgan fingerprint density at radius 1 is 1.08 bits per heavy atom. The minimum atomic E-state index is -0.463. The van der Waals surface area contributed by atoms with Crippen LogP contribution in [0.5, 0.6) is 5.75 Å². The van der Waals surface area contributed by atoms with Crippen LogP contribution in [0.3, 0.4) is 0 Å². The molecule has 24 heavy (non-hydrogen) atoms. The highest BCUT2D eigenvalue weighted by atomic mass is 127. The minimum absolute atomic E-state index is 0.267. The van der Waals surface area contributed by atoms with E-state index in [9.17, 15) is 4.79 Å². The largest absolute Gasteiger partial charge is 0.497 e. The van der Waals surface area contributed by atoms with Gasteiger partial charge in [-0.05, 0) is 59.0 Å². The fraction of sp³-hybridized carbons (Fsp3) is 0.111. The third-order valence-electron chi connectivity index (χ3n) is 3.56. The fourth-order valence-electron chi connectivity index (χ4n) is 2.36. The first kappa shape index (κ1) is 16.5. The molecule has 0 aliphatic heterocycles. The van der Waals surface area contributed by atoms with Crippen molar-refractivity contribution in [1.29, 1.82) is 0 Å². The van der Waals surface area contributed by atoms with E-state index in [2.05, 4.69) is 27.6 Å². The van der Waals surface area contributed by atoms with E-state index in [4.69, 9.17) is 9.47 Å². The molecule has 0 bridgehead atoms. The Bertz CT molecular complexity index is 872. The van der Waals surface area contributed by atoms with Gasteiger partial charge in [0.05, 0.1) is 19.9 Å². The Balaban J connectivity index is 2.17. The summed E-state index contributed by atoms with van der Waals surface area (Å²) in [6.45, 7) is 0. The molecule has 5 nitrogen and oxygen atoms in total. The fourth-order valence-corrected chi connectivity index (χ4v) is 3.00. The molecule has 0 saturated carbocycles. The molecule has 0 radical (unpaired) electrons. The van der Waals surface area contributed by atoms with E-state index in [0.29, 0.717) is 5.82 Å². The second kappa shape index (κ2) is 7.04. The summed E-state index contributed by atoms with van der Waals surface area (Å²) in [6.07, 6.45) is 1.70. The molecule has 0 spiro atoms. The maximum atomic E-state index is 11.9. The monoisotopic (exact) mass is 434 g/mol. The Hall–Kier alpha value is -2.35. The van der Waals surface area contributed by atoms with E-state index in [-0.39, 0.29) is 5.69 Å².